The first-order chi connectivity index (χ1) is 20.5. The lowest BCUT2D eigenvalue weighted by molar-refractivity contribution is -0.152. The second kappa shape index (κ2) is 14.5. The first kappa shape index (κ1) is 34.9. The van der Waals surface area contributed by atoms with Crippen molar-refractivity contribution < 1.29 is 66.5 Å². The van der Waals surface area contributed by atoms with E-state index in [2.05, 4.69) is 5.32 Å². The number of esters is 1. The quantitative estimate of drug-likeness (QED) is 0.116. The van der Waals surface area contributed by atoms with E-state index in [-0.39, 0.29) is 56.6 Å². The van der Waals surface area contributed by atoms with Crippen LogP contribution in [0.2, 0.25) is 0 Å². The summed E-state index contributed by atoms with van der Waals surface area (Å²) in [5.74, 6) is -3.69. The van der Waals surface area contributed by atoms with E-state index in [0.29, 0.717) is 0 Å². The fourth-order valence-electron chi connectivity index (χ4n) is 4.31. The Labute approximate surface area is 249 Å². The number of nitrogens with zero attached hydrogens (tertiary/aromatic N) is 3. The molecule has 1 aromatic rings. The van der Waals surface area contributed by atoms with Crippen molar-refractivity contribution in [1.82, 2.24) is 15.5 Å². The zero-order chi connectivity index (χ0) is 32.8. The normalized spacial score (nSPS) is 17.4. The molecule has 18 nitrogen and oxygen atoms in total. The molecule has 0 saturated carbocycles. The lowest BCUT2D eigenvalue weighted by Crippen LogP contribution is -2.50. The highest BCUT2D eigenvalue weighted by atomic mass is 31.2. The minimum atomic E-state index is -5.40. The van der Waals surface area contributed by atoms with Crippen molar-refractivity contribution in [2.75, 3.05) is 55.7 Å². The van der Waals surface area contributed by atoms with Crippen LogP contribution >= 0.6 is 15.2 Å². The molecule has 1 atom stereocenters. The summed E-state index contributed by atoms with van der Waals surface area (Å²) in [5.41, 5.74) is -2.24. The maximum atomic E-state index is 15.0. The van der Waals surface area contributed by atoms with Crippen LogP contribution in [0.4, 0.5) is 20.6 Å². The number of ether oxygens (including phenoxy) is 2. The molecule has 44 heavy (non-hydrogen) atoms. The van der Waals surface area contributed by atoms with E-state index in [1.807, 2.05) is 0 Å². The van der Waals surface area contributed by atoms with Crippen molar-refractivity contribution in [2.45, 2.75) is 31.4 Å². The Morgan fingerprint density at radius 3 is 2.27 bits per heavy atom. The van der Waals surface area contributed by atoms with Gasteiger partial charge in [-0.2, -0.15) is 0 Å². The maximum absolute atomic E-state index is 15.0. The van der Waals surface area contributed by atoms with Crippen molar-refractivity contribution >= 4 is 56.4 Å². The number of halogens is 1. The number of piperazine rings is 1. The summed E-state index contributed by atoms with van der Waals surface area (Å²) >= 11 is 0. The molecule has 0 bridgehead atoms. The summed E-state index contributed by atoms with van der Waals surface area (Å²) in [6, 6.07) is 4.24. The summed E-state index contributed by atoms with van der Waals surface area (Å²) in [6.45, 7) is 1.71. The lowest BCUT2D eigenvalue weighted by Gasteiger charge is -2.36. The molecule has 0 radical (unpaired) electrons. The van der Waals surface area contributed by atoms with Crippen LogP contribution in [0.5, 0.6) is 0 Å². The predicted octanol–water partition coefficient (Wildman–Crippen LogP) is -0.986. The van der Waals surface area contributed by atoms with E-state index in [1.54, 1.807) is 11.0 Å². The number of hydrogen-bond acceptors (Lipinski definition) is 10. The predicted molar refractivity (Wildman–Crippen MR) is 148 cm³/mol. The van der Waals surface area contributed by atoms with E-state index < -0.39 is 76.0 Å². The lowest BCUT2D eigenvalue weighted by atomic mass is 10.2. The summed E-state index contributed by atoms with van der Waals surface area (Å²) in [7, 11) is -10.8. The number of carbonyl (C=O) groups is 5. The third kappa shape index (κ3) is 9.70. The molecule has 2 saturated heterocycles. The zero-order valence-corrected chi connectivity index (χ0v) is 25.1. The monoisotopic (exact) mass is 667 g/mol. The van der Waals surface area contributed by atoms with E-state index in [4.69, 9.17) is 29.0 Å². The van der Waals surface area contributed by atoms with Crippen molar-refractivity contribution in [3.8, 4) is 0 Å². The highest BCUT2D eigenvalue weighted by Gasteiger charge is 2.44. The Morgan fingerprint density at radius 1 is 1.07 bits per heavy atom. The van der Waals surface area contributed by atoms with Crippen molar-refractivity contribution in [3.05, 3.63) is 24.0 Å². The van der Waals surface area contributed by atoms with Crippen LogP contribution in [0.3, 0.4) is 0 Å². The largest absolute Gasteiger partial charge is 0.456 e. The van der Waals surface area contributed by atoms with Crippen LogP contribution in [0, 0.1) is 5.82 Å². The molecule has 4 amide bonds. The summed E-state index contributed by atoms with van der Waals surface area (Å²) in [4.78, 5) is 99.9. The number of amides is 4. The molecular weight excluding hydrogens is 635 g/mol. The Bertz CT molecular complexity index is 1360. The van der Waals surface area contributed by atoms with Gasteiger partial charge in [0.1, 0.15) is 11.9 Å². The molecule has 2 fully saturated rings. The minimum Gasteiger partial charge on any atom is -0.456 e. The highest BCUT2D eigenvalue weighted by molar-refractivity contribution is 7.70. The molecule has 2 heterocycles. The first-order valence-electron chi connectivity index (χ1n) is 13.1. The average molecular weight is 667 g/mol. The Morgan fingerprint density at radius 2 is 1.70 bits per heavy atom. The van der Waals surface area contributed by atoms with Gasteiger partial charge in [-0.25, -0.2) is 9.18 Å². The van der Waals surface area contributed by atoms with Gasteiger partial charge in [-0.1, -0.05) is 0 Å². The summed E-state index contributed by atoms with van der Waals surface area (Å²) in [5, 5.41) is 4.06. The van der Waals surface area contributed by atoms with E-state index in [1.165, 1.54) is 34.2 Å². The highest BCUT2D eigenvalue weighted by Crippen LogP contribution is 2.58. The number of anilines is 2. The van der Waals surface area contributed by atoms with Crippen LogP contribution in [0.25, 0.3) is 0 Å². The van der Waals surface area contributed by atoms with Crippen LogP contribution in [0.1, 0.15) is 19.8 Å². The maximum Gasteiger partial charge on any atom is 0.414 e. The zero-order valence-electron chi connectivity index (χ0n) is 23.3. The van der Waals surface area contributed by atoms with Gasteiger partial charge in [0.15, 0.2) is 6.61 Å². The molecule has 2 aliphatic heterocycles. The number of nitrogens with one attached hydrogen (secondary N) is 2. The number of carbonyl (C=O) groups excluding carboxylic acids is 5. The number of hydrogen-bond donors (Lipinski definition) is 6. The average Bonchev–Trinajstić information content (AvgIpc) is 3.31. The molecular formula is C23H32FN5O13P2. The molecule has 0 aromatic heterocycles. The van der Waals surface area contributed by atoms with Gasteiger partial charge in [0.05, 0.1) is 30.9 Å². The Balaban J connectivity index is 1.43. The number of rotatable bonds is 12. The van der Waals surface area contributed by atoms with Gasteiger partial charge in [-0.05, 0) is 18.2 Å². The third-order valence-corrected chi connectivity index (χ3v) is 9.85. The van der Waals surface area contributed by atoms with Crippen LogP contribution in [-0.4, -0.2) is 112 Å². The van der Waals surface area contributed by atoms with Gasteiger partial charge in [0, 0.05) is 39.5 Å². The van der Waals surface area contributed by atoms with Gasteiger partial charge in [-0.3, -0.25) is 33.2 Å². The molecule has 2 aliphatic rings. The summed E-state index contributed by atoms with van der Waals surface area (Å²) < 4.78 is 47.5. The fraction of sp³-hybridized carbons (Fsp3) is 0.522. The number of benzene rings is 1. The molecule has 0 unspecified atom stereocenters. The molecule has 21 heteroatoms. The topological polar surface area (TPSA) is 253 Å². The molecule has 0 aliphatic carbocycles. The van der Waals surface area contributed by atoms with Gasteiger partial charge in [0.25, 0.3) is 5.91 Å². The fourth-order valence-corrected chi connectivity index (χ4v) is 6.51. The van der Waals surface area contributed by atoms with Gasteiger partial charge in [-0.15, -0.1) is 0 Å². The molecule has 0 spiro atoms. The van der Waals surface area contributed by atoms with Crippen LogP contribution in [-0.2, 0) is 37.8 Å². The van der Waals surface area contributed by atoms with E-state index in [9.17, 15) is 33.1 Å². The third-order valence-electron chi connectivity index (χ3n) is 6.51. The molecule has 6 N–H and O–H groups in total. The van der Waals surface area contributed by atoms with E-state index in [0.717, 1.165) is 0 Å². The van der Waals surface area contributed by atoms with Crippen LogP contribution in [0.15, 0.2) is 18.2 Å². The van der Waals surface area contributed by atoms with E-state index >= 15 is 4.39 Å². The van der Waals surface area contributed by atoms with Gasteiger partial charge >= 0.3 is 27.3 Å². The second-order valence-electron chi connectivity index (χ2n) is 9.84. The standard InChI is InChI=1S/C23H32FN5O13P2/c1-14(30)25-11-16-12-29(23(34)42-16)15-2-3-18(17(24)10-15)27-6-8-28(9-7-27)20(32)13-41-21(33)5-4-19(31)26-22(43(35,36)37)44(38,39)40/h2-3,10,16,22H,4-9,11-13H2,1H3,(H,25,30)(H,26,31)(H2,35,36,37)(H2,38,39,40)/t16-/m0/s1. The molecule has 3 rings (SSSR count). The van der Waals surface area contributed by atoms with Crippen molar-refractivity contribution in [1.29, 1.82) is 0 Å². The minimum absolute atomic E-state index is 0.126. The Kier molecular flexibility index (Phi) is 11.5. The van der Waals surface area contributed by atoms with Gasteiger partial charge < -0.3 is 49.5 Å². The SMILES string of the molecule is CC(=O)NC[C@H]1CN(c2ccc(N3CCN(C(=O)COC(=O)CCC(=O)NC(P(=O)(O)O)P(=O)(O)O)CC3)c(F)c2)C(=O)O1. The molecule has 244 valence electrons. The first-order valence-corrected chi connectivity index (χ1v) is 16.4. The number of cyclic esters (lactones) is 1. The van der Waals surface area contributed by atoms with Crippen LogP contribution < -0.4 is 20.4 Å². The molecule has 1 aromatic carbocycles. The Hall–Kier alpha value is -3.60. The smallest absolute Gasteiger partial charge is 0.414 e. The summed E-state index contributed by atoms with van der Waals surface area (Å²) in [6.07, 6.45) is -2.61. The van der Waals surface area contributed by atoms with Gasteiger partial charge in [0.2, 0.25) is 17.3 Å². The second-order valence-corrected chi connectivity index (χ2v) is 13.6. The van der Waals surface area contributed by atoms with Crippen molar-refractivity contribution in [3.63, 3.8) is 0 Å². The van der Waals surface area contributed by atoms with Crippen molar-refractivity contribution in [2.24, 2.45) is 0 Å².